The van der Waals surface area contributed by atoms with Gasteiger partial charge in [-0.2, -0.15) is 0 Å². The number of carbonyl (C=O) groups is 2. The number of rotatable bonds is 44. The highest BCUT2D eigenvalue weighted by atomic mass is 31.2. The Kier molecular flexibility index (Phi) is 40.5. The lowest BCUT2D eigenvalue weighted by atomic mass is 10.1. The summed E-state index contributed by atoms with van der Waals surface area (Å²) in [6.45, 7) is 3.88. The summed E-state index contributed by atoms with van der Waals surface area (Å²) in [5.74, 6) is -1.78. The number of hydrogen-bond donors (Lipinski definition) is 3. The number of ether oxygens (including phenoxy) is 2. The van der Waals surface area contributed by atoms with E-state index in [1.165, 1.54) is 135 Å². The van der Waals surface area contributed by atoms with E-state index in [9.17, 15) is 19.0 Å². The van der Waals surface area contributed by atoms with Gasteiger partial charge in [0.25, 0.3) is 0 Å². The molecule has 0 saturated heterocycles. The standard InChI is InChI=1S/C45H86NO9P/c1-3-5-7-9-11-13-15-17-19-21-22-23-25-27-29-31-33-35-37-44(47)55-42(40-53-56(50,51)54-41-43(46)45(48)49)39-52-38-36-34-32-30-28-26-24-20-18-16-14-12-10-8-6-4-2/h18-21,42-43H,3-17,22-41,46H2,1-2H3,(H,48,49)(H,50,51)/b20-18-,21-19-. The second-order valence-electron chi connectivity index (χ2n) is 15.5. The van der Waals surface area contributed by atoms with Crippen molar-refractivity contribution < 1.29 is 42.7 Å². The van der Waals surface area contributed by atoms with Crippen LogP contribution in [0.1, 0.15) is 213 Å². The van der Waals surface area contributed by atoms with Crippen molar-refractivity contribution in [3.63, 3.8) is 0 Å². The van der Waals surface area contributed by atoms with E-state index in [2.05, 4.69) is 38.2 Å². The van der Waals surface area contributed by atoms with E-state index in [4.69, 9.17) is 29.4 Å². The maximum Gasteiger partial charge on any atom is 0.472 e. The molecule has 0 aliphatic rings. The number of carbonyl (C=O) groups excluding carboxylic acids is 1. The Labute approximate surface area is 343 Å². The van der Waals surface area contributed by atoms with Crippen LogP contribution in [0.25, 0.3) is 0 Å². The van der Waals surface area contributed by atoms with Crippen molar-refractivity contribution in [2.45, 2.75) is 225 Å². The topological polar surface area (TPSA) is 155 Å². The van der Waals surface area contributed by atoms with Crippen molar-refractivity contribution in [1.82, 2.24) is 0 Å². The third-order valence-electron chi connectivity index (χ3n) is 9.95. The van der Waals surface area contributed by atoms with E-state index < -0.39 is 45.1 Å². The predicted molar refractivity (Wildman–Crippen MR) is 231 cm³/mol. The Balaban J connectivity index is 4.21. The molecule has 3 atom stereocenters. The molecule has 0 rings (SSSR count). The van der Waals surface area contributed by atoms with Crippen LogP contribution < -0.4 is 5.73 Å². The summed E-state index contributed by atoms with van der Waals surface area (Å²) in [7, 11) is -4.62. The predicted octanol–water partition coefficient (Wildman–Crippen LogP) is 12.7. The molecule has 10 nitrogen and oxygen atoms in total. The summed E-state index contributed by atoms with van der Waals surface area (Å²) in [6.07, 6.45) is 45.1. The highest BCUT2D eigenvalue weighted by molar-refractivity contribution is 7.47. The number of carboxylic acids is 1. The van der Waals surface area contributed by atoms with Gasteiger partial charge in [0, 0.05) is 13.0 Å². The van der Waals surface area contributed by atoms with E-state index in [1.807, 2.05) is 0 Å². The van der Waals surface area contributed by atoms with Crippen molar-refractivity contribution in [1.29, 1.82) is 0 Å². The lowest BCUT2D eigenvalue weighted by molar-refractivity contribution is -0.154. The molecule has 0 aromatic heterocycles. The first-order valence-corrected chi connectivity index (χ1v) is 24.4. The Bertz CT molecular complexity index is 993. The molecule has 0 amide bonds. The summed E-state index contributed by atoms with van der Waals surface area (Å²) in [6, 6.07) is -1.47. The quantitative estimate of drug-likeness (QED) is 0.0234. The van der Waals surface area contributed by atoms with Crippen LogP contribution in [-0.2, 0) is 32.7 Å². The van der Waals surface area contributed by atoms with Crippen molar-refractivity contribution in [2.24, 2.45) is 5.73 Å². The van der Waals surface area contributed by atoms with E-state index in [0.29, 0.717) is 13.0 Å². The van der Waals surface area contributed by atoms with E-state index in [1.54, 1.807) is 0 Å². The lowest BCUT2D eigenvalue weighted by Crippen LogP contribution is -2.34. The minimum atomic E-state index is -4.62. The zero-order valence-electron chi connectivity index (χ0n) is 36.0. The number of phosphoric acid groups is 1. The lowest BCUT2D eigenvalue weighted by Gasteiger charge is -2.20. The SMILES string of the molecule is CCCCCCCC/C=C\CCCCCCCCOCC(COP(=O)(O)OCC(N)C(=O)O)OC(=O)CCCCCCCCC/C=C\CCCCCCCCC. The van der Waals surface area contributed by atoms with Crippen LogP contribution in [0.2, 0.25) is 0 Å². The van der Waals surface area contributed by atoms with Gasteiger partial charge in [0.2, 0.25) is 0 Å². The van der Waals surface area contributed by atoms with Crippen LogP contribution in [0.15, 0.2) is 24.3 Å². The Morgan fingerprint density at radius 2 is 0.929 bits per heavy atom. The monoisotopic (exact) mass is 816 g/mol. The summed E-state index contributed by atoms with van der Waals surface area (Å²) < 4.78 is 33.4. The fourth-order valence-corrected chi connectivity index (χ4v) is 7.14. The van der Waals surface area contributed by atoms with Gasteiger partial charge in [-0.1, -0.05) is 167 Å². The number of aliphatic carboxylic acids is 1. The normalized spacial score (nSPS) is 14.1. The largest absolute Gasteiger partial charge is 0.480 e. The minimum Gasteiger partial charge on any atom is -0.480 e. The maximum atomic E-state index is 12.6. The molecule has 3 unspecified atom stereocenters. The average Bonchev–Trinajstić information content (AvgIpc) is 3.18. The molecule has 0 aromatic rings. The van der Waals surface area contributed by atoms with Crippen molar-refractivity contribution in [3.05, 3.63) is 24.3 Å². The fraction of sp³-hybridized carbons (Fsp3) is 0.867. The molecule has 330 valence electrons. The number of phosphoric ester groups is 1. The van der Waals surface area contributed by atoms with Gasteiger partial charge in [-0.15, -0.1) is 0 Å². The average molecular weight is 816 g/mol. The number of esters is 1. The summed E-state index contributed by atoms with van der Waals surface area (Å²) in [4.78, 5) is 33.6. The van der Waals surface area contributed by atoms with Crippen LogP contribution >= 0.6 is 7.82 Å². The Morgan fingerprint density at radius 3 is 1.36 bits per heavy atom. The molecule has 0 saturated carbocycles. The van der Waals surface area contributed by atoms with E-state index in [-0.39, 0.29) is 13.0 Å². The van der Waals surface area contributed by atoms with Crippen molar-refractivity contribution >= 4 is 19.8 Å². The summed E-state index contributed by atoms with van der Waals surface area (Å²) >= 11 is 0. The summed E-state index contributed by atoms with van der Waals surface area (Å²) in [5, 5.41) is 8.90. The maximum absolute atomic E-state index is 12.6. The third-order valence-corrected chi connectivity index (χ3v) is 10.9. The molecule has 56 heavy (non-hydrogen) atoms. The van der Waals surface area contributed by atoms with Crippen LogP contribution in [0.3, 0.4) is 0 Å². The van der Waals surface area contributed by atoms with E-state index in [0.717, 1.165) is 51.4 Å². The molecule has 0 aliphatic heterocycles. The Morgan fingerprint density at radius 1 is 0.554 bits per heavy atom. The number of unbranched alkanes of at least 4 members (excludes halogenated alkanes) is 26. The van der Waals surface area contributed by atoms with Crippen molar-refractivity contribution in [3.8, 4) is 0 Å². The number of hydrogen-bond acceptors (Lipinski definition) is 8. The van der Waals surface area contributed by atoms with Crippen molar-refractivity contribution in [2.75, 3.05) is 26.4 Å². The molecule has 0 aromatic carbocycles. The Hall–Kier alpha value is -1.55. The first kappa shape index (κ1) is 54.5. The molecule has 0 fully saturated rings. The van der Waals surface area contributed by atoms with Crippen LogP contribution in [0.4, 0.5) is 0 Å². The molecule has 0 radical (unpaired) electrons. The van der Waals surface area contributed by atoms with Gasteiger partial charge in [-0.3, -0.25) is 18.6 Å². The van der Waals surface area contributed by atoms with Gasteiger partial charge in [0.15, 0.2) is 0 Å². The first-order chi connectivity index (χ1) is 27.2. The van der Waals surface area contributed by atoms with Gasteiger partial charge < -0.3 is 25.2 Å². The zero-order chi connectivity index (χ0) is 41.2. The molecule has 0 spiro atoms. The second-order valence-corrected chi connectivity index (χ2v) is 17.0. The van der Waals surface area contributed by atoms with Crippen LogP contribution in [0.5, 0.6) is 0 Å². The number of nitrogens with two attached hydrogens (primary N) is 1. The van der Waals surface area contributed by atoms with Crippen LogP contribution in [-0.4, -0.2) is 60.5 Å². The highest BCUT2D eigenvalue weighted by Gasteiger charge is 2.27. The first-order valence-electron chi connectivity index (χ1n) is 22.9. The van der Waals surface area contributed by atoms with Gasteiger partial charge in [-0.25, -0.2) is 4.57 Å². The van der Waals surface area contributed by atoms with Crippen LogP contribution in [0, 0.1) is 0 Å². The molecule has 11 heteroatoms. The fourth-order valence-electron chi connectivity index (χ4n) is 6.36. The second kappa shape index (κ2) is 41.6. The van der Waals surface area contributed by atoms with Gasteiger partial charge >= 0.3 is 19.8 Å². The van der Waals surface area contributed by atoms with Gasteiger partial charge in [0.05, 0.1) is 19.8 Å². The minimum absolute atomic E-state index is 0.0137. The summed E-state index contributed by atoms with van der Waals surface area (Å²) in [5.41, 5.74) is 5.36. The molecule has 0 aliphatic carbocycles. The third kappa shape index (κ3) is 40.6. The smallest absolute Gasteiger partial charge is 0.472 e. The number of allylic oxidation sites excluding steroid dienone is 4. The van der Waals surface area contributed by atoms with Gasteiger partial charge in [-0.05, 0) is 64.2 Å². The molecule has 0 bridgehead atoms. The number of carboxylic acid groups (broad SMARTS) is 1. The molecule has 4 N–H and O–H groups in total. The highest BCUT2D eigenvalue weighted by Crippen LogP contribution is 2.43. The molecule has 0 heterocycles. The van der Waals surface area contributed by atoms with E-state index >= 15 is 0 Å². The van der Waals surface area contributed by atoms with Gasteiger partial charge in [0.1, 0.15) is 12.1 Å². The zero-order valence-corrected chi connectivity index (χ0v) is 36.9. The molecular weight excluding hydrogens is 729 g/mol. The molecular formula is C45H86NO9P.